The summed E-state index contributed by atoms with van der Waals surface area (Å²) in [5.74, 6) is -2.02. The third-order valence-electron chi connectivity index (χ3n) is 5.97. The lowest BCUT2D eigenvalue weighted by atomic mass is 9.67. The number of aromatic nitrogens is 1. The molecule has 0 fully saturated rings. The summed E-state index contributed by atoms with van der Waals surface area (Å²) in [7, 11) is 0. The Kier molecular flexibility index (Phi) is 6.17. The number of hydrogen-bond donors (Lipinski definition) is 2. The van der Waals surface area contributed by atoms with Gasteiger partial charge in [-0.15, -0.1) is 0 Å². The highest BCUT2D eigenvalue weighted by Crippen LogP contribution is 2.46. The second-order valence-electron chi connectivity index (χ2n) is 8.46. The predicted octanol–water partition coefficient (Wildman–Crippen LogP) is 4.30. The van der Waals surface area contributed by atoms with Crippen LogP contribution in [0, 0.1) is 19.3 Å². The van der Waals surface area contributed by atoms with Crippen molar-refractivity contribution < 1.29 is 24.5 Å². The van der Waals surface area contributed by atoms with Gasteiger partial charge < -0.3 is 19.5 Å². The van der Waals surface area contributed by atoms with Crippen molar-refractivity contribution >= 4 is 11.9 Å². The summed E-state index contributed by atoms with van der Waals surface area (Å²) in [6.45, 7) is 6.18. The molecule has 1 aliphatic rings. The van der Waals surface area contributed by atoms with Crippen LogP contribution in [-0.4, -0.2) is 33.3 Å². The van der Waals surface area contributed by atoms with E-state index in [1.807, 2.05) is 56.3 Å². The highest BCUT2D eigenvalue weighted by atomic mass is 16.5. The van der Waals surface area contributed by atoms with Crippen LogP contribution in [0.25, 0.3) is 0 Å². The van der Waals surface area contributed by atoms with Crippen LogP contribution in [0.2, 0.25) is 0 Å². The van der Waals surface area contributed by atoms with Gasteiger partial charge in [-0.25, -0.2) is 4.79 Å². The van der Waals surface area contributed by atoms with Crippen LogP contribution in [0.5, 0.6) is 0 Å². The number of carboxylic acid groups (broad SMARTS) is 2. The summed E-state index contributed by atoms with van der Waals surface area (Å²) in [5, 5.41) is 20.2. The fourth-order valence-corrected chi connectivity index (χ4v) is 4.61. The molecule has 1 heterocycles. The summed E-state index contributed by atoms with van der Waals surface area (Å²) in [5.41, 5.74) is 0.870. The zero-order valence-electron chi connectivity index (χ0n) is 17.7. The first-order valence-electron chi connectivity index (χ1n) is 10.1. The number of aliphatic carboxylic acids is 2. The van der Waals surface area contributed by atoms with Crippen LogP contribution in [0.1, 0.15) is 43.1 Å². The predicted molar refractivity (Wildman–Crippen MR) is 113 cm³/mol. The number of carboxylic acids is 2. The van der Waals surface area contributed by atoms with E-state index in [9.17, 15) is 19.8 Å². The molecule has 2 unspecified atom stereocenters. The standard InChI is InChI=1S/C24H29NO5/c1-17-9-10-18(2)25(17)24(22(28)29)14-20(13-23(3,16-24)21(26)27)11-12-30-15-19-7-5-4-6-8-19/h4-10,13H,11-12,14-16H2,1-3H3,(H,26,27)(H,28,29). The molecule has 0 radical (unpaired) electrons. The molecular formula is C24H29NO5. The van der Waals surface area contributed by atoms with Crippen LogP contribution >= 0.6 is 0 Å². The van der Waals surface area contributed by atoms with Crippen molar-refractivity contribution in [3.63, 3.8) is 0 Å². The molecule has 0 spiro atoms. The van der Waals surface area contributed by atoms with E-state index in [0.29, 0.717) is 19.6 Å². The van der Waals surface area contributed by atoms with Gasteiger partial charge in [-0.1, -0.05) is 42.0 Å². The van der Waals surface area contributed by atoms with Crippen LogP contribution in [-0.2, 0) is 26.5 Å². The van der Waals surface area contributed by atoms with Gasteiger partial charge in [0.05, 0.1) is 18.6 Å². The van der Waals surface area contributed by atoms with Crippen molar-refractivity contribution in [1.82, 2.24) is 4.57 Å². The lowest BCUT2D eigenvalue weighted by Gasteiger charge is -2.43. The van der Waals surface area contributed by atoms with Gasteiger partial charge in [-0.3, -0.25) is 4.79 Å². The van der Waals surface area contributed by atoms with E-state index in [1.165, 1.54) is 0 Å². The van der Waals surface area contributed by atoms with Gasteiger partial charge in [0.15, 0.2) is 0 Å². The Morgan fingerprint density at radius 3 is 2.23 bits per heavy atom. The topological polar surface area (TPSA) is 88.8 Å². The molecule has 0 saturated carbocycles. The van der Waals surface area contributed by atoms with Crippen molar-refractivity contribution in [2.45, 2.75) is 52.2 Å². The Bertz CT molecular complexity index is 942. The Labute approximate surface area is 176 Å². The average molecular weight is 411 g/mol. The Hall–Kier alpha value is -2.86. The third kappa shape index (κ3) is 4.19. The van der Waals surface area contributed by atoms with Crippen molar-refractivity contribution in [1.29, 1.82) is 0 Å². The van der Waals surface area contributed by atoms with Gasteiger partial charge in [-0.05, 0) is 44.9 Å². The fourth-order valence-electron chi connectivity index (χ4n) is 4.61. The largest absolute Gasteiger partial charge is 0.481 e. The molecule has 160 valence electrons. The van der Waals surface area contributed by atoms with Crippen LogP contribution in [0.15, 0.2) is 54.1 Å². The van der Waals surface area contributed by atoms with Crippen LogP contribution < -0.4 is 0 Å². The summed E-state index contributed by atoms with van der Waals surface area (Å²) in [6, 6.07) is 13.5. The molecule has 6 heteroatoms. The Morgan fingerprint density at radius 1 is 1.03 bits per heavy atom. The molecule has 1 aromatic carbocycles. The SMILES string of the molecule is Cc1ccc(C)n1C1(C(=O)O)CC(CCOCc2ccccc2)=CC(C)(C(=O)O)C1. The summed E-state index contributed by atoms with van der Waals surface area (Å²) < 4.78 is 7.56. The second-order valence-corrected chi connectivity index (χ2v) is 8.46. The zero-order chi connectivity index (χ0) is 21.9. The van der Waals surface area contributed by atoms with E-state index in [-0.39, 0.29) is 12.8 Å². The summed E-state index contributed by atoms with van der Waals surface area (Å²) >= 11 is 0. The highest BCUT2D eigenvalue weighted by Gasteiger charge is 2.52. The summed E-state index contributed by atoms with van der Waals surface area (Å²) in [4.78, 5) is 24.7. The van der Waals surface area contributed by atoms with Gasteiger partial charge in [0.2, 0.25) is 0 Å². The quantitative estimate of drug-likeness (QED) is 0.499. The molecule has 0 bridgehead atoms. The van der Waals surface area contributed by atoms with Crippen molar-refractivity contribution in [3.05, 3.63) is 71.1 Å². The zero-order valence-corrected chi connectivity index (χ0v) is 17.7. The van der Waals surface area contributed by atoms with E-state index >= 15 is 0 Å². The summed E-state index contributed by atoms with van der Waals surface area (Å²) in [6.07, 6.45) is 2.48. The lowest BCUT2D eigenvalue weighted by Crippen LogP contribution is -2.51. The third-order valence-corrected chi connectivity index (χ3v) is 5.97. The molecule has 6 nitrogen and oxygen atoms in total. The molecule has 30 heavy (non-hydrogen) atoms. The van der Waals surface area contributed by atoms with Gasteiger partial charge >= 0.3 is 11.9 Å². The molecule has 3 rings (SSSR count). The number of aryl methyl sites for hydroxylation is 2. The normalized spacial score (nSPS) is 23.8. The van der Waals surface area contributed by atoms with Gasteiger partial charge in [-0.2, -0.15) is 0 Å². The number of carbonyl (C=O) groups is 2. The minimum atomic E-state index is -1.34. The van der Waals surface area contributed by atoms with Crippen LogP contribution in [0.4, 0.5) is 0 Å². The molecule has 0 aliphatic heterocycles. The molecule has 1 aliphatic carbocycles. The molecule has 2 N–H and O–H groups in total. The Morgan fingerprint density at radius 2 is 1.67 bits per heavy atom. The van der Waals surface area contributed by atoms with Crippen molar-refractivity contribution in [3.8, 4) is 0 Å². The minimum Gasteiger partial charge on any atom is -0.481 e. The average Bonchev–Trinajstić information content (AvgIpc) is 3.04. The molecular weight excluding hydrogens is 382 g/mol. The first kappa shape index (κ1) is 21.8. The Balaban J connectivity index is 1.86. The number of benzene rings is 1. The second kappa shape index (κ2) is 8.48. The first-order chi connectivity index (χ1) is 14.2. The van der Waals surface area contributed by atoms with Crippen molar-refractivity contribution in [2.75, 3.05) is 6.61 Å². The fraction of sp³-hybridized carbons (Fsp3) is 0.417. The van der Waals surface area contributed by atoms with Crippen molar-refractivity contribution in [2.24, 2.45) is 5.41 Å². The van der Waals surface area contributed by atoms with Gasteiger partial charge in [0, 0.05) is 24.2 Å². The molecule has 2 atom stereocenters. The number of rotatable bonds is 8. The van der Waals surface area contributed by atoms with E-state index in [2.05, 4.69) is 0 Å². The lowest BCUT2D eigenvalue weighted by molar-refractivity contribution is -0.155. The molecule has 2 aromatic rings. The van der Waals surface area contributed by atoms with Gasteiger partial charge in [0.1, 0.15) is 5.54 Å². The highest BCUT2D eigenvalue weighted by molar-refractivity contribution is 5.83. The molecule has 0 amide bonds. The maximum atomic E-state index is 12.6. The molecule has 0 saturated heterocycles. The smallest absolute Gasteiger partial charge is 0.330 e. The molecule has 1 aromatic heterocycles. The maximum absolute atomic E-state index is 12.6. The number of hydrogen-bond acceptors (Lipinski definition) is 3. The first-order valence-corrected chi connectivity index (χ1v) is 10.1. The van der Waals surface area contributed by atoms with Gasteiger partial charge in [0.25, 0.3) is 0 Å². The number of nitrogens with zero attached hydrogens (tertiary/aromatic N) is 1. The van der Waals surface area contributed by atoms with E-state index in [1.54, 1.807) is 17.6 Å². The van der Waals surface area contributed by atoms with Crippen LogP contribution in [0.3, 0.4) is 0 Å². The monoisotopic (exact) mass is 411 g/mol. The van der Waals surface area contributed by atoms with E-state index in [0.717, 1.165) is 22.5 Å². The van der Waals surface area contributed by atoms with E-state index in [4.69, 9.17) is 4.74 Å². The van der Waals surface area contributed by atoms with E-state index < -0.39 is 22.9 Å². The maximum Gasteiger partial charge on any atom is 0.330 e. The number of ether oxygens (including phenoxy) is 1. The minimum absolute atomic E-state index is 0.00456.